The van der Waals surface area contributed by atoms with Gasteiger partial charge in [-0.05, 0) is 64.1 Å². The number of hydrogen-bond donors (Lipinski definition) is 1. The number of nitrogens with one attached hydrogen (secondary N) is 1. The Kier molecular flexibility index (Phi) is 10.4. The van der Waals surface area contributed by atoms with E-state index >= 15 is 0 Å². The summed E-state index contributed by atoms with van der Waals surface area (Å²) in [6.45, 7) is 9.28. The van der Waals surface area contributed by atoms with Gasteiger partial charge in [0.15, 0.2) is 0 Å². The normalized spacial score (nSPS) is 11.3. The Morgan fingerprint density at radius 1 is 0.949 bits per heavy atom. The lowest BCUT2D eigenvalue weighted by molar-refractivity contribution is 0.193. The fourth-order valence-electron chi connectivity index (χ4n) is 3.94. The zero-order chi connectivity index (χ0) is 28.7. The highest BCUT2D eigenvalue weighted by Crippen LogP contribution is 2.32. The van der Waals surface area contributed by atoms with Crippen molar-refractivity contribution in [1.82, 2.24) is 4.90 Å². The number of amides is 2. The van der Waals surface area contributed by atoms with Crippen molar-refractivity contribution >= 4 is 50.7 Å². The number of methoxy groups -OCH3 is 1. The largest absolute Gasteiger partial charge is 0.495 e. The number of benzene rings is 3. The van der Waals surface area contributed by atoms with E-state index in [1.807, 2.05) is 39.8 Å². The smallest absolute Gasteiger partial charge is 0.339 e. The summed E-state index contributed by atoms with van der Waals surface area (Å²) >= 11 is 12.0. The van der Waals surface area contributed by atoms with Crippen molar-refractivity contribution in [2.75, 3.05) is 30.4 Å². The lowest BCUT2D eigenvalue weighted by Gasteiger charge is -2.29. The molecule has 0 saturated heterocycles. The summed E-state index contributed by atoms with van der Waals surface area (Å²) in [7, 11) is -2.73. The molecule has 0 atom stereocenters. The average molecular weight is 595 g/mol. The summed E-state index contributed by atoms with van der Waals surface area (Å²) in [5.74, 6) is 0.635. The van der Waals surface area contributed by atoms with Crippen molar-refractivity contribution in [3.63, 3.8) is 0 Å². The van der Waals surface area contributed by atoms with Gasteiger partial charge in [-0.25, -0.2) is 4.79 Å². The molecule has 0 fully saturated rings. The monoisotopic (exact) mass is 593 g/mol. The Bertz CT molecular complexity index is 1410. The average Bonchev–Trinajstić information content (AvgIpc) is 2.90. The van der Waals surface area contributed by atoms with E-state index < -0.39 is 10.1 Å². The molecular formula is C28H33Cl2N3O5S. The summed E-state index contributed by atoms with van der Waals surface area (Å²) in [5.41, 5.74) is 1.82. The molecule has 210 valence electrons. The number of urea groups is 1. The van der Waals surface area contributed by atoms with Crippen LogP contribution in [-0.4, -0.2) is 45.6 Å². The Balaban J connectivity index is 2.00. The minimum atomic E-state index is -4.26. The van der Waals surface area contributed by atoms with Crippen LogP contribution >= 0.6 is 23.2 Å². The van der Waals surface area contributed by atoms with Crippen LogP contribution in [-0.2, 0) is 16.7 Å². The fourth-order valence-corrected chi connectivity index (χ4v) is 5.29. The van der Waals surface area contributed by atoms with Gasteiger partial charge in [0.2, 0.25) is 0 Å². The molecule has 0 bridgehead atoms. The molecule has 3 aromatic rings. The molecular weight excluding hydrogens is 561 g/mol. The van der Waals surface area contributed by atoms with Crippen LogP contribution in [0.25, 0.3) is 0 Å². The number of halogens is 2. The standard InChI is InChI=1S/C28H33Cl2N3O5S/c1-6-32(7-2)21-13-12-20(27(16-21)38-39(35,36)22-14-15-23(29)24(30)17-22)18-33(19(3)4)28(34)31-25-10-8-9-11-26(25)37-5/h8-17,19H,6-7,18H2,1-5H3,(H,31,34). The molecule has 8 nitrogen and oxygen atoms in total. The van der Waals surface area contributed by atoms with E-state index in [0.717, 1.165) is 5.69 Å². The topological polar surface area (TPSA) is 88.2 Å². The molecule has 11 heteroatoms. The highest BCUT2D eigenvalue weighted by molar-refractivity contribution is 7.87. The third-order valence-corrected chi connectivity index (χ3v) is 8.10. The maximum Gasteiger partial charge on any atom is 0.339 e. The van der Waals surface area contributed by atoms with Gasteiger partial charge in [-0.2, -0.15) is 8.42 Å². The van der Waals surface area contributed by atoms with Crippen LogP contribution in [0, 0.1) is 0 Å². The molecule has 39 heavy (non-hydrogen) atoms. The molecule has 0 aliphatic rings. The first-order chi connectivity index (χ1) is 18.5. The Morgan fingerprint density at radius 3 is 2.26 bits per heavy atom. The van der Waals surface area contributed by atoms with Gasteiger partial charge in [0.25, 0.3) is 0 Å². The molecule has 0 heterocycles. The second-order valence-corrected chi connectivity index (χ2v) is 11.3. The van der Waals surface area contributed by atoms with Crippen LogP contribution in [0.1, 0.15) is 33.3 Å². The lowest BCUT2D eigenvalue weighted by Crippen LogP contribution is -2.39. The Labute approximate surface area is 240 Å². The highest BCUT2D eigenvalue weighted by atomic mass is 35.5. The fraction of sp³-hybridized carbons (Fsp3) is 0.321. The molecule has 3 aromatic carbocycles. The predicted octanol–water partition coefficient (Wildman–Crippen LogP) is 7.06. The zero-order valence-corrected chi connectivity index (χ0v) is 24.9. The number of carbonyl (C=O) groups excluding carboxylic acids is 1. The van der Waals surface area contributed by atoms with Crippen molar-refractivity contribution in [1.29, 1.82) is 0 Å². The molecule has 0 saturated carbocycles. The van der Waals surface area contributed by atoms with Gasteiger partial charge in [-0.15, -0.1) is 0 Å². The van der Waals surface area contributed by atoms with Crippen molar-refractivity contribution in [2.45, 2.75) is 45.2 Å². The molecule has 0 aromatic heterocycles. The molecule has 3 rings (SSSR count). The summed E-state index contributed by atoms with van der Waals surface area (Å²) < 4.78 is 37.5. The minimum absolute atomic E-state index is 0.0867. The molecule has 2 amide bonds. The highest BCUT2D eigenvalue weighted by Gasteiger charge is 2.24. The zero-order valence-electron chi connectivity index (χ0n) is 22.6. The van der Waals surface area contributed by atoms with Crippen molar-refractivity contribution in [3.05, 3.63) is 76.3 Å². The molecule has 0 spiro atoms. The SMILES string of the molecule is CCN(CC)c1ccc(CN(C(=O)Nc2ccccc2OC)C(C)C)c(OS(=O)(=O)c2ccc(Cl)c(Cl)c2)c1. The molecule has 0 aliphatic heterocycles. The van der Waals surface area contributed by atoms with Crippen LogP contribution in [0.3, 0.4) is 0 Å². The molecule has 0 radical (unpaired) electrons. The summed E-state index contributed by atoms with van der Waals surface area (Å²) in [5, 5.41) is 3.21. The first-order valence-electron chi connectivity index (χ1n) is 12.5. The number of para-hydroxylation sites is 2. The van der Waals surface area contributed by atoms with Crippen LogP contribution in [0.15, 0.2) is 65.6 Å². The molecule has 1 N–H and O–H groups in total. The number of anilines is 2. The van der Waals surface area contributed by atoms with E-state index in [4.69, 9.17) is 32.1 Å². The Morgan fingerprint density at radius 2 is 1.64 bits per heavy atom. The van der Waals surface area contributed by atoms with Crippen molar-refractivity contribution in [2.24, 2.45) is 0 Å². The van der Waals surface area contributed by atoms with Crippen LogP contribution in [0.4, 0.5) is 16.2 Å². The lowest BCUT2D eigenvalue weighted by atomic mass is 10.1. The van der Waals surface area contributed by atoms with Crippen LogP contribution < -0.4 is 19.1 Å². The summed E-state index contributed by atoms with van der Waals surface area (Å²) in [6.07, 6.45) is 0. The second kappa shape index (κ2) is 13.3. The quantitative estimate of drug-likeness (QED) is 0.239. The first kappa shape index (κ1) is 30.4. The first-order valence-corrected chi connectivity index (χ1v) is 14.6. The third kappa shape index (κ3) is 7.50. The van der Waals surface area contributed by atoms with Gasteiger partial charge in [0.1, 0.15) is 16.4 Å². The number of carbonyl (C=O) groups is 1. The number of rotatable bonds is 11. The maximum atomic E-state index is 13.3. The van der Waals surface area contributed by atoms with Gasteiger partial charge < -0.3 is 24.0 Å². The van der Waals surface area contributed by atoms with E-state index in [1.165, 1.54) is 25.3 Å². The van der Waals surface area contributed by atoms with E-state index in [-0.39, 0.29) is 39.3 Å². The van der Waals surface area contributed by atoms with E-state index in [9.17, 15) is 13.2 Å². The van der Waals surface area contributed by atoms with Gasteiger partial charge in [0, 0.05) is 36.4 Å². The van der Waals surface area contributed by atoms with Gasteiger partial charge in [-0.1, -0.05) is 41.4 Å². The van der Waals surface area contributed by atoms with Gasteiger partial charge >= 0.3 is 16.1 Å². The number of hydrogen-bond acceptors (Lipinski definition) is 6. The van der Waals surface area contributed by atoms with E-state index in [2.05, 4.69) is 10.2 Å². The summed E-state index contributed by atoms with van der Waals surface area (Å²) in [6, 6.07) is 15.8. The van der Waals surface area contributed by atoms with Crippen molar-refractivity contribution < 1.29 is 22.1 Å². The molecule has 0 unspecified atom stereocenters. The molecule has 0 aliphatic carbocycles. The van der Waals surface area contributed by atoms with Gasteiger partial charge in [-0.3, -0.25) is 0 Å². The van der Waals surface area contributed by atoms with Crippen LogP contribution in [0.5, 0.6) is 11.5 Å². The summed E-state index contributed by atoms with van der Waals surface area (Å²) in [4.78, 5) is 16.9. The predicted molar refractivity (Wildman–Crippen MR) is 157 cm³/mol. The van der Waals surface area contributed by atoms with Gasteiger partial charge in [0.05, 0.1) is 29.4 Å². The minimum Gasteiger partial charge on any atom is -0.495 e. The Hall–Kier alpha value is -3.14. The maximum absolute atomic E-state index is 13.3. The number of ether oxygens (including phenoxy) is 1. The third-order valence-electron chi connectivity index (χ3n) is 6.13. The second-order valence-electron chi connectivity index (χ2n) is 8.93. The van der Waals surface area contributed by atoms with E-state index in [1.54, 1.807) is 35.2 Å². The van der Waals surface area contributed by atoms with Crippen LogP contribution in [0.2, 0.25) is 10.0 Å². The number of nitrogens with zero attached hydrogens (tertiary/aromatic N) is 2. The van der Waals surface area contributed by atoms with Crippen molar-refractivity contribution in [3.8, 4) is 11.5 Å². The van der Waals surface area contributed by atoms with E-state index in [0.29, 0.717) is 30.1 Å².